The summed E-state index contributed by atoms with van der Waals surface area (Å²) in [5, 5.41) is 10.3. The maximum absolute atomic E-state index is 11.9. The highest BCUT2D eigenvalue weighted by Gasteiger charge is 2.57. The predicted octanol–water partition coefficient (Wildman–Crippen LogP) is 4.60. The van der Waals surface area contributed by atoms with Crippen molar-refractivity contribution in [2.24, 2.45) is 40.9 Å². The second-order valence-corrected chi connectivity index (χ2v) is 9.52. The Kier molecular flexibility index (Phi) is 4.11. The van der Waals surface area contributed by atoms with Gasteiger partial charge in [-0.15, -0.1) is 0 Å². The average Bonchev–Trinajstić information content (AvgIpc) is 2.76. The zero-order valence-electron chi connectivity index (χ0n) is 15.0. The van der Waals surface area contributed by atoms with Crippen LogP contribution in [0.5, 0.6) is 0 Å². The molecule has 0 amide bonds. The molecule has 0 saturated heterocycles. The third-order valence-corrected chi connectivity index (χ3v) is 8.72. The molecular formula is C21H34O2. The van der Waals surface area contributed by atoms with Crippen molar-refractivity contribution in [2.45, 2.75) is 84.2 Å². The summed E-state index contributed by atoms with van der Waals surface area (Å²) in [4.78, 5) is 11.9. The fraction of sp³-hybridized carbons (Fsp3) is 0.952. The second-order valence-electron chi connectivity index (χ2n) is 9.52. The Morgan fingerprint density at radius 1 is 0.957 bits per heavy atom. The Balaban J connectivity index is 1.56. The van der Waals surface area contributed by atoms with Crippen molar-refractivity contribution in [2.75, 3.05) is 0 Å². The molecule has 130 valence electrons. The first-order valence-corrected chi connectivity index (χ1v) is 10.2. The quantitative estimate of drug-likeness (QED) is 0.767. The van der Waals surface area contributed by atoms with E-state index in [4.69, 9.17) is 0 Å². The minimum absolute atomic E-state index is 0.145. The van der Waals surface area contributed by atoms with Gasteiger partial charge in [0.05, 0.1) is 6.10 Å². The summed E-state index contributed by atoms with van der Waals surface area (Å²) in [6.07, 6.45) is 11.9. The summed E-state index contributed by atoms with van der Waals surface area (Å²) < 4.78 is 0. The highest BCUT2D eigenvalue weighted by Crippen LogP contribution is 2.64. The molecule has 4 saturated carbocycles. The maximum atomic E-state index is 11.9. The van der Waals surface area contributed by atoms with E-state index in [1.165, 1.54) is 51.4 Å². The molecule has 0 aliphatic heterocycles. The van der Waals surface area contributed by atoms with E-state index in [-0.39, 0.29) is 6.10 Å². The topological polar surface area (TPSA) is 37.3 Å². The van der Waals surface area contributed by atoms with Crippen molar-refractivity contribution in [1.82, 2.24) is 0 Å². The molecule has 1 unspecified atom stereocenters. The molecule has 0 bridgehead atoms. The van der Waals surface area contributed by atoms with Gasteiger partial charge < -0.3 is 5.11 Å². The molecule has 0 aromatic carbocycles. The highest BCUT2D eigenvalue weighted by molar-refractivity contribution is 5.78. The SMILES string of the molecule is CC(O)[C@H]1CC[C@H]2[C@@H]3CC[C@@H]4CCC(=O)CC[C@@H]4[C@H]3CC[C@]12C. The fourth-order valence-corrected chi connectivity index (χ4v) is 7.67. The summed E-state index contributed by atoms with van der Waals surface area (Å²) in [7, 11) is 0. The van der Waals surface area contributed by atoms with Gasteiger partial charge in [0.2, 0.25) is 0 Å². The number of hydrogen-bond donors (Lipinski definition) is 1. The number of aliphatic hydroxyl groups is 1. The van der Waals surface area contributed by atoms with Gasteiger partial charge in [-0.1, -0.05) is 6.92 Å². The Morgan fingerprint density at radius 3 is 2.52 bits per heavy atom. The van der Waals surface area contributed by atoms with E-state index >= 15 is 0 Å². The standard InChI is InChI=1S/C21H34O2/c1-13(22)19-9-10-20-18-7-4-14-3-5-15(23)6-8-16(14)17(18)11-12-21(19,20)2/h13-14,16-20,22H,3-12H2,1-2H3/t13?,14-,16-,17+,18+,19+,20-,21+/m0/s1. The van der Waals surface area contributed by atoms with E-state index in [0.717, 1.165) is 42.4 Å². The van der Waals surface area contributed by atoms with Gasteiger partial charge in [-0.3, -0.25) is 4.79 Å². The lowest BCUT2D eigenvalue weighted by Gasteiger charge is -2.55. The molecule has 0 aromatic rings. The molecule has 0 spiro atoms. The van der Waals surface area contributed by atoms with Crippen molar-refractivity contribution in [3.8, 4) is 0 Å². The summed E-state index contributed by atoms with van der Waals surface area (Å²) in [6, 6.07) is 0. The molecule has 8 atom stereocenters. The smallest absolute Gasteiger partial charge is 0.132 e. The molecule has 0 aromatic heterocycles. The first-order valence-electron chi connectivity index (χ1n) is 10.2. The summed E-state index contributed by atoms with van der Waals surface area (Å²) in [5.74, 6) is 5.29. The van der Waals surface area contributed by atoms with E-state index in [1.807, 2.05) is 6.92 Å². The van der Waals surface area contributed by atoms with Crippen LogP contribution in [0.15, 0.2) is 0 Å². The lowest BCUT2D eigenvalue weighted by atomic mass is 9.50. The summed E-state index contributed by atoms with van der Waals surface area (Å²) >= 11 is 0. The van der Waals surface area contributed by atoms with Gasteiger partial charge in [-0.05, 0) is 99.2 Å². The third kappa shape index (κ3) is 2.51. The zero-order valence-corrected chi connectivity index (χ0v) is 15.0. The van der Waals surface area contributed by atoms with Gasteiger partial charge in [0.1, 0.15) is 5.78 Å². The molecule has 4 fully saturated rings. The van der Waals surface area contributed by atoms with Crippen LogP contribution in [0.4, 0.5) is 0 Å². The van der Waals surface area contributed by atoms with E-state index in [1.54, 1.807) is 0 Å². The van der Waals surface area contributed by atoms with Crippen LogP contribution >= 0.6 is 0 Å². The van der Waals surface area contributed by atoms with Crippen LogP contribution in [0.25, 0.3) is 0 Å². The number of carbonyl (C=O) groups is 1. The van der Waals surface area contributed by atoms with Crippen molar-refractivity contribution in [3.05, 3.63) is 0 Å². The van der Waals surface area contributed by atoms with Crippen molar-refractivity contribution in [3.63, 3.8) is 0 Å². The summed E-state index contributed by atoms with van der Waals surface area (Å²) in [6.45, 7) is 4.50. The lowest BCUT2D eigenvalue weighted by molar-refractivity contribution is -0.119. The van der Waals surface area contributed by atoms with Crippen LogP contribution in [0.3, 0.4) is 0 Å². The fourth-order valence-electron chi connectivity index (χ4n) is 7.67. The van der Waals surface area contributed by atoms with Gasteiger partial charge in [-0.25, -0.2) is 0 Å². The maximum Gasteiger partial charge on any atom is 0.132 e. The molecule has 2 heteroatoms. The van der Waals surface area contributed by atoms with Crippen LogP contribution in [0.2, 0.25) is 0 Å². The van der Waals surface area contributed by atoms with Gasteiger partial charge in [0.25, 0.3) is 0 Å². The molecular weight excluding hydrogens is 284 g/mol. The number of hydrogen-bond acceptors (Lipinski definition) is 2. The predicted molar refractivity (Wildman–Crippen MR) is 91.9 cm³/mol. The first-order chi connectivity index (χ1) is 11.0. The minimum Gasteiger partial charge on any atom is -0.393 e. The van der Waals surface area contributed by atoms with Crippen LogP contribution in [-0.4, -0.2) is 17.0 Å². The van der Waals surface area contributed by atoms with Gasteiger partial charge in [-0.2, -0.15) is 0 Å². The molecule has 0 radical (unpaired) electrons. The molecule has 4 aliphatic rings. The van der Waals surface area contributed by atoms with Gasteiger partial charge in [0.15, 0.2) is 0 Å². The van der Waals surface area contributed by atoms with E-state index < -0.39 is 0 Å². The molecule has 4 rings (SSSR count). The van der Waals surface area contributed by atoms with Gasteiger partial charge in [0, 0.05) is 12.8 Å². The molecule has 23 heavy (non-hydrogen) atoms. The average molecular weight is 319 g/mol. The number of fused-ring (bicyclic) bond motifs is 5. The molecule has 0 heterocycles. The normalized spacial score (nSPS) is 51.3. The van der Waals surface area contributed by atoms with Crippen molar-refractivity contribution >= 4 is 5.78 Å². The van der Waals surface area contributed by atoms with Gasteiger partial charge >= 0.3 is 0 Å². The first kappa shape index (κ1) is 16.1. The third-order valence-electron chi connectivity index (χ3n) is 8.72. The Morgan fingerprint density at radius 2 is 1.74 bits per heavy atom. The number of rotatable bonds is 1. The monoisotopic (exact) mass is 318 g/mol. The number of aliphatic hydroxyl groups excluding tert-OH is 1. The van der Waals surface area contributed by atoms with Crippen LogP contribution in [0.1, 0.15) is 78.1 Å². The largest absolute Gasteiger partial charge is 0.393 e. The molecule has 1 N–H and O–H groups in total. The number of carbonyl (C=O) groups excluding carboxylic acids is 1. The number of Topliss-reactive ketones (excluding diaryl/α,β-unsaturated/α-hetero) is 1. The van der Waals surface area contributed by atoms with E-state index in [2.05, 4.69) is 6.92 Å². The van der Waals surface area contributed by atoms with Crippen LogP contribution < -0.4 is 0 Å². The van der Waals surface area contributed by atoms with E-state index in [0.29, 0.717) is 17.1 Å². The van der Waals surface area contributed by atoms with Crippen molar-refractivity contribution in [1.29, 1.82) is 0 Å². The minimum atomic E-state index is -0.145. The zero-order chi connectivity index (χ0) is 16.2. The lowest BCUT2D eigenvalue weighted by Crippen LogP contribution is -2.48. The van der Waals surface area contributed by atoms with Crippen LogP contribution in [-0.2, 0) is 4.79 Å². The van der Waals surface area contributed by atoms with Crippen molar-refractivity contribution < 1.29 is 9.90 Å². The summed E-state index contributed by atoms with van der Waals surface area (Å²) in [5.41, 5.74) is 0.378. The Labute approximate surface area is 141 Å². The molecule has 2 nitrogen and oxygen atoms in total. The number of ketones is 1. The Hall–Kier alpha value is -0.370. The Bertz CT molecular complexity index is 470. The van der Waals surface area contributed by atoms with Crippen LogP contribution in [0, 0.1) is 40.9 Å². The highest BCUT2D eigenvalue weighted by atomic mass is 16.3. The second kappa shape index (κ2) is 5.86. The molecule has 4 aliphatic carbocycles. The van der Waals surface area contributed by atoms with E-state index in [9.17, 15) is 9.90 Å².